The van der Waals surface area contributed by atoms with E-state index in [1.165, 1.54) is 12.1 Å². The number of nitrogens with one attached hydrogen (secondary N) is 2. The molecular weight excluding hydrogens is 296 g/mol. The first kappa shape index (κ1) is 13.4. The number of hydrogen-bond donors (Lipinski definition) is 2. The van der Waals surface area contributed by atoms with Crippen molar-refractivity contribution >= 4 is 17.8 Å². The first-order chi connectivity index (χ1) is 10.5. The number of rotatable bonds is 2. The van der Waals surface area contributed by atoms with Gasteiger partial charge >= 0.3 is 17.3 Å². The summed E-state index contributed by atoms with van der Waals surface area (Å²) < 4.78 is 0. The van der Waals surface area contributed by atoms with Gasteiger partial charge in [0.2, 0.25) is 5.82 Å². The molecule has 2 heterocycles. The van der Waals surface area contributed by atoms with Crippen LogP contribution in [0.4, 0.5) is 0 Å². The third kappa shape index (κ3) is 2.08. The number of imide groups is 1. The van der Waals surface area contributed by atoms with Gasteiger partial charge in [0.05, 0.1) is 11.1 Å². The Bertz CT molecular complexity index is 864. The largest absolute Gasteiger partial charge is 0.399 e. The zero-order valence-electron chi connectivity index (χ0n) is 10.7. The van der Waals surface area contributed by atoms with Crippen LogP contribution >= 0.6 is 0 Å². The number of hydroxylamine groups is 2. The van der Waals surface area contributed by atoms with Crippen LogP contribution in [0.15, 0.2) is 33.9 Å². The van der Waals surface area contributed by atoms with Crippen molar-refractivity contribution in [2.24, 2.45) is 0 Å². The molecule has 1 aromatic carbocycles. The third-order valence-corrected chi connectivity index (χ3v) is 2.79. The van der Waals surface area contributed by atoms with Gasteiger partial charge in [-0.05, 0) is 12.1 Å². The van der Waals surface area contributed by atoms with Crippen LogP contribution in [0, 0.1) is 0 Å². The second kappa shape index (κ2) is 4.77. The Hall–Kier alpha value is -3.56. The number of benzene rings is 1. The number of carbonyl (C=O) groups excluding carboxylic acids is 3. The fourth-order valence-corrected chi connectivity index (χ4v) is 1.87. The number of nitrogens with zero attached hydrogens (tertiary/aromatic N) is 2. The van der Waals surface area contributed by atoms with Crippen molar-refractivity contribution in [1.29, 1.82) is 0 Å². The van der Waals surface area contributed by atoms with Gasteiger partial charge in [0, 0.05) is 0 Å². The van der Waals surface area contributed by atoms with Crippen LogP contribution < -0.4 is 11.4 Å². The van der Waals surface area contributed by atoms with Gasteiger partial charge < -0.3 is 4.84 Å². The normalized spacial score (nSPS) is 13.2. The highest BCUT2D eigenvalue weighted by molar-refractivity contribution is 6.21. The summed E-state index contributed by atoms with van der Waals surface area (Å²) in [6, 6.07) is 5.89. The Morgan fingerprint density at radius 3 is 2.14 bits per heavy atom. The molecule has 0 aliphatic carbocycles. The maximum atomic E-state index is 12.0. The lowest BCUT2D eigenvalue weighted by atomic mass is 10.1. The lowest BCUT2D eigenvalue weighted by Crippen LogP contribution is -2.35. The summed E-state index contributed by atoms with van der Waals surface area (Å²) in [7, 11) is 0. The van der Waals surface area contributed by atoms with Crippen molar-refractivity contribution in [2.45, 2.75) is 0 Å². The van der Waals surface area contributed by atoms with Gasteiger partial charge in [-0.25, -0.2) is 14.4 Å². The first-order valence-corrected chi connectivity index (χ1v) is 5.88. The summed E-state index contributed by atoms with van der Waals surface area (Å²) in [6.07, 6.45) is 0. The highest BCUT2D eigenvalue weighted by Crippen LogP contribution is 2.22. The molecule has 0 radical (unpaired) electrons. The summed E-state index contributed by atoms with van der Waals surface area (Å²) in [5, 5.41) is 0.244. The zero-order valence-corrected chi connectivity index (χ0v) is 10.7. The Morgan fingerprint density at radius 2 is 1.59 bits per heavy atom. The van der Waals surface area contributed by atoms with Crippen LogP contribution in [0.5, 0.6) is 0 Å². The van der Waals surface area contributed by atoms with Crippen molar-refractivity contribution in [3.63, 3.8) is 0 Å². The molecule has 0 bridgehead atoms. The van der Waals surface area contributed by atoms with Gasteiger partial charge in [0.25, 0.3) is 11.8 Å². The van der Waals surface area contributed by atoms with Gasteiger partial charge in [-0.2, -0.15) is 4.98 Å². The smallest absolute Gasteiger partial charge is 0.321 e. The molecule has 0 saturated heterocycles. The summed E-state index contributed by atoms with van der Waals surface area (Å²) in [5.74, 6) is -3.72. The number of carbonyl (C=O) groups is 3. The molecule has 110 valence electrons. The van der Waals surface area contributed by atoms with Crippen molar-refractivity contribution in [2.75, 3.05) is 0 Å². The Labute approximate surface area is 120 Å². The number of hydrogen-bond acceptors (Lipinski definition) is 7. The Kier molecular flexibility index (Phi) is 2.91. The van der Waals surface area contributed by atoms with Crippen molar-refractivity contribution in [3.8, 4) is 0 Å². The van der Waals surface area contributed by atoms with E-state index in [0.717, 1.165) is 0 Å². The predicted molar refractivity (Wildman–Crippen MR) is 67.8 cm³/mol. The fraction of sp³-hybridized carbons (Fsp3) is 0. The first-order valence-electron chi connectivity index (χ1n) is 5.88. The Morgan fingerprint density at radius 1 is 1.00 bits per heavy atom. The maximum absolute atomic E-state index is 12.0. The molecule has 1 aliphatic heterocycles. The highest BCUT2D eigenvalue weighted by Gasteiger charge is 2.39. The molecule has 1 aromatic heterocycles. The van der Waals surface area contributed by atoms with Crippen LogP contribution in [0.25, 0.3) is 0 Å². The molecule has 22 heavy (non-hydrogen) atoms. The number of aromatic amines is 2. The number of fused-ring (bicyclic) bond motifs is 1. The summed E-state index contributed by atoms with van der Waals surface area (Å²) in [5.41, 5.74) is -1.90. The minimum absolute atomic E-state index is 0.0765. The molecule has 0 saturated carbocycles. The maximum Gasteiger partial charge on any atom is 0.399 e. The van der Waals surface area contributed by atoms with E-state index >= 15 is 0 Å². The second-order valence-corrected chi connectivity index (χ2v) is 4.17. The lowest BCUT2D eigenvalue weighted by molar-refractivity contribution is -0.0593. The van der Waals surface area contributed by atoms with Gasteiger partial charge in [-0.15, -0.1) is 0 Å². The SMILES string of the molecule is O=C(ON1C(=O)c2ccccc2C1=O)c1nc(=O)[nH]c(=O)[nH]1. The van der Waals surface area contributed by atoms with Crippen molar-refractivity contribution in [3.05, 3.63) is 62.2 Å². The topological polar surface area (TPSA) is 142 Å². The number of aromatic nitrogens is 3. The van der Waals surface area contributed by atoms with E-state index in [-0.39, 0.29) is 16.2 Å². The van der Waals surface area contributed by atoms with E-state index in [0.29, 0.717) is 0 Å². The molecular formula is C12H6N4O6. The standard InChI is InChI=1S/C12H6N4O6/c17-8-5-3-1-2-4-6(5)9(18)16(8)22-10(19)7-13-11(20)15-12(21)14-7/h1-4H,(H2,13,14,15,20,21). The third-order valence-electron chi connectivity index (χ3n) is 2.79. The molecule has 1 aliphatic rings. The zero-order chi connectivity index (χ0) is 15.9. The van der Waals surface area contributed by atoms with E-state index in [4.69, 9.17) is 0 Å². The minimum atomic E-state index is -1.32. The minimum Gasteiger partial charge on any atom is -0.321 e. The number of H-pyrrole nitrogens is 2. The molecule has 2 N–H and O–H groups in total. The van der Waals surface area contributed by atoms with E-state index < -0.39 is 35.0 Å². The molecule has 2 aromatic rings. The van der Waals surface area contributed by atoms with Crippen LogP contribution in [-0.2, 0) is 4.84 Å². The quantitative estimate of drug-likeness (QED) is 0.665. The van der Waals surface area contributed by atoms with Crippen LogP contribution in [0.1, 0.15) is 31.3 Å². The molecule has 0 fully saturated rings. The summed E-state index contributed by atoms with van der Waals surface area (Å²) in [6.45, 7) is 0. The van der Waals surface area contributed by atoms with E-state index in [1.54, 1.807) is 17.1 Å². The number of amides is 2. The van der Waals surface area contributed by atoms with E-state index in [2.05, 4.69) is 9.82 Å². The van der Waals surface area contributed by atoms with Gasteiger partial charge in [0.15, 0.2) is 0 Å². The molecule has 10 nitrogen and oxygen atoms in total. The molecule has 3 rings (SSSR count). The van der Waals surface area contributed by atoms with Crippen LogP contribution in [0.3, 0.4) is 0 Å². The highest BCUT2D eigenvalue weighted by atomic mass is 16.7. The lowest BCUT2D eigenvalue weighted by Gasteiger charge is -2.11. The van der Waals surface area contributed by atoms with Gasteiger partial charge in [0.1, 0.15) is 0 Å². The average molecular weight is 302 g/mol. The average Bonchev–Trinajstić information content (AvgIpc) is 2.72. The molecule has 0 spiro atoms. The van der Waals surface area contributed by atoms with Gasteiger partial charge in [-0.3, -0.25) is 19.6 Å². The fourth-order valence-electron chi connectivity index (χ4n) is 1.87. The van der Waals surface area contributed by atoms with E-state index in [9.17, 15) is 24.0 Å². The molecule has 10 heteroatoms. The Balaban J connectivity index is 1.90. The van der Waals surface area contributed by atoms with Crippen molar-refractivity contribution < 1.29 is 19.2 Å². The summed E-state index contributed by atoms with van der Waals surface area (Å²) >= 11 is 0. The van der Waals surface area contributed by atoms with Crippen molar-refractivity contribution in [1.82, 2.24) is 20.0 Å². The second-order valence-electron chi connectivity index (χ2n) is 4.17. The van der Waals surface area contributed by atoms with Crippen LogP contribution in [0.2, 0.25) is 0 Å². The van der Waals surface area contributed by atoms with E-state index in [1.807, 2.05) is 4.98 Å². The molecule has 0 atom stereocenters. The predicted octanol–water partition coefficient (Wildman–Crippen LogP) is -1.17. The van der Waals surface area contributed by atoms with Crippen LogP contribution in [-0.4, -0.2) is 37.8 Å². The monoisotopic (exact) mass is 302 g/mol. The summed E-state index contributed by atoms with van der Waals surface area (Å²) in [4.78, 5) is 69.3. The molecule has 0 unspecified atom stereocenters. The molecule has 2 amide bonds. The van der Waals surface area contributed by atoms with Gasteiger partial charge in [-0.1, -0.05) is 17.2 Å².